The minimum Gasteiger partial charge on any atom is -0.356 e. The molecule has 0 radical (unpaired) electrons. The number of hydrogen-bond donors (Lipinski definition) is 3. The van der Waals surface area contributed by atoms with Crippen molar-refractivity contribution in [1.82, 2.24) is 20.5 Å². The first-order valence-electron chi connectivity index (χ1n) is 13.0. The number of rotatable bonds is 7. The van der Waals surface area contributed by atoms with E-state index in [0.29, 0.717) is 12.0 Å². The highest BCUT2D eigenvalue weighted by atomic mass is 16.2. The van der Waals surface area contributed by atoms with Crippen LogP contribution in [0.5, 0.6) is 0 Å². The van der Waals surface area contributed by atoms with Crippen LogP contribution in [0.25, 0.3) is 10.9 Å². The van der Waals surface area contributed by atoms with Gasteiger partial charge in [-0.25, -0.2) is 0 Å². The number of carbonyl (C=O) groups excluding carboxylic acids is 3. The number of amides is 3. The van der Waals surface area contributed by atoms with Gasteiger partial charge < -0.3 is 20.5 Å². The van der Waals surface area contributed by atoms with Gasteiger partial charge in [-0.2, -0.15) is 0 Å². The Bertz CT molecular complexity index is 1330. The number of aromatic amines is 1. The van der Waals surface area contributed by atoms with Gasteiger partial charge >= 0.3 is 0 Å². The predicted molar refractivity (Wildman–Crippen MR) is 140 cm³/mol. The summed E-state index contributed by atoms with van der Waals surface area (Å²) in [7, 11) is 0. The van der Waals surface area contributed by atoms with Gasteiger partial charge in [0, 0.05) is 34.6 Å². The van der Waals surface area contributed by atoms with E-state index in [9.17, 15) is 14.4 Å². The molecule has 5 atom stereocenters. The van der Waals surface area contributed by atoms with Crippen LogP contribution in [0.3, 0.4) is 0 Å². The summed E-state index contributed by atoms with van der Waals surface area (Å²) in [5, 5.41) is 7.13. The van der Waals surface area contributed by atoms with Crippen LogP contribution < -0.4 is 10.6 Å². The molecule has 3 amide bonds. The van der Waals surface area contributed by atoms with E-state index in [2.05, 4.69) is 21.7 Å². The maximum atomic E-state index is 13.9. The second kappa shape index (κ2) is 9.45. The molecule has 7 nitrogen and oxygen atoms in total. The topological polar surface area (TPSA) is 94.3 Å². The molecule has 3 N–H and O–H groups in total. The van der Waals surface area contributed by atoms with Gasteiger partial charge in [0.1, 0.15) is 12.1 Å². The fourth-order valence-electron chi connectivity index (χ4n) is 5.52. The summed E-state index contributed by atoms with van der Waals surface area (Å²) in [6.45, 7) is 7.95. The van der Waals surface area contributed by atoms with Gasteiger partial charge in [0.05, 0.1) is 6.04 Å². The molecule has 36 heavy (non-hydrogen) atoms. The summed E-state index contributed by atoms with van der Waals surface area (Å²) in [5.41, 5.74) is 4.54. The second-order valence-electron chi connectivity index (χ2n) is 10.2. The van der Waals surface area contributed by atoms with Crippen molar-refractivity contribution in [3.63, 3.8) is 0 Å². The lowest BCUT2D eigenvalue weighted by molar-refractivity contribution is -0.133. The van der Waals surface area contributed by atoms with Crippen molar-refractivity contribution in [1.29, 1.82) is 0 Å². The fourth-order valence-corrected chi connectivity index (χ4v) is 5.52. The van der Waals surface area contributed by atoms with Crippen LogP contribution in [0.2, 0.25) is 0 Å². The first-order chi connectivity index (χ1) is 17.3. The standard InChI is InChI=1S/C29H34N4O3/c1-5-16(3)24(28(35)30-17(4)6-2)32-27(34)23-15-21-18-11-9-10-14-22(18)31-25(21)26-19-12-7-8-13-20(19)29(36)33(23)26/h7-14,16-17,23-24,26,31H,5-6,15H2,1-4H3,(H,30,35)(H,32,34)/t16-,17+,23+,24+,26+/m1/s1. The number of aromatic nitrogens is 1. The van der Waals surface area contributed by atoms with Crippen LogP contribution in [-0.2, 0) is 16.0 Å². The zero-order valence-electron chi connectivity index (χ0n) is 21.3. The maximum absolute atomic E-state index is 13.9. The lowest BCUT2D eigenvalue weighted by Crippen LogP contribution is -2.58. The average Bonchev–Trinajstić information content (AvgIpc) is 3.41. The molecule has 0 unspecified atom stereocenters. The summed E-state index contributed by atoms with van der Waals surface area (Å²) in [6.07, 6.45) is 1.94. The van der Waals surface area contributed by atoms with E-state index in [1.165, 1.54) is 0 Å². The molecular formula is C29H34N4O3. The molecule has 1 aromatic heterocycles. The van der Waals surface area contributed by atoms with Gasteiger partial charge in [0.15, 0.2) is 0 Å². The number of hydrogen-bond acceptors (Lipinski definition) is 3. The van der Waals surface area contributed by atoms with Crippen molar-refractivity contribution in [2.24, 2.45) is 5.92 Å². The number of nitrogens with one attached hydrogen (secondary N) is 3. The van der Waals surface area contributed by atoms with Gasteiger partial charge in [0.25, 0.3) is 5.91 Å². The molecule has 5 rings (SSSR count). The van der Waals surface area contributed by atoms with Gasteiger partial charge in [-0.3, -0.25) is 14.4 Å². The highest BCUT2D eigenvalue weighted by molar-refractivity contribution is 6.04. The van der Waals surface area contributed by atoms with Crippen molar-refractivity contribution in [3.8, 4) is 0 Å². The molecule has 0 aliphatic carbocycles. The monoisotopic (exact) mass is 486 g/mol. The Morgan fingerprint density at radius 3 is 2.50 bits per heavy atom. The molecule has 3 heterocycles. The molecule has 0 saturated heterocycles. The SMILES string of the molecule is CC[C@@H](C)[C@H](NC(=O)[C@@H]1Cc2c([nH]c3ccccc23)[C@@H]2c3ccccc3C(=O)N21)C(=O)N[C@@H](C)CC. The normalized spacial score (nSPS) is 20.8. The van der Waals surface area contributed by atoms with Gasteiger partial charge in [0.2, 0.25) is 11.8 Å². The Hall–Kier alpha value is -3.61. The molecule has 0 fully saturated rings. The third-order valence-corrected chi connectivity index (χ3v) is 7.95. The number of benzene rings is 2. The van der Waals surface area contributed by atoms with Crippen LogP contribution in [-0.4, -0.2) is 45.7 Å². The highest BCUT2D eigenvalue weighted by Gasteiger charge is 2.49. The third kappa shape index (κ3) is 3.87. The molecule has 0 spiro atoms. The number of para-hydroxylation sites is 1. The Morgan fingerprint density at radius 2 is 1.75 bits per heavy atom. The lowest BCUT2D eigenvalue weighted by atomic mass is 9.89. The molecular weight excluding hydrogens is 452 g/mol. The molecule has 0 bridgehead atoms. The Balaban J connectivity index is 1.54. The smallest absolute Gasteiger partial charge is 0.255 e. The zero-order valence-corrected chi connectivity index (χ0v) is 21.3. The van der Waals surface area contributed by atoms with Crippen LogP contribution in [0, 0.1) is 5.92 Å². The summed E-state index contributed by atoms with van der Waals surface area (Å²) in [6, 6.07) is 13.9. The summed E-state index contributed by atoms with van der Waals surface area (Å²) in [5.74, 6) is -0.665. The number of fused-ring (bicyclic) bond motifs is 7. The quantitative estimate of drug-likeness (QED) is 0.470. The fraction of sp³-hybridized carbons (Fsp3) is 0.414. The van der Waals surface area contributed by atoms with E-state index in [1.807, 2.05) is 70.2 Å². The van der Waals surface area contributed by atoms with E-state index in [1.54, 1.807) is 4.90 Å². The number of H-pyrrole nitrogens is 1. The minimum absolute atomic E-state index is 0.0171. The molecule has 2 aromatic carbocycles. The molecule has 188 valence electrons. The second-order valence-corrected chi connectivity index (χ2v) is 10.2. The van der Waals surface area contributed by atoms with E-state index < -0.39 is 12.1 Å². The molecule has 7 heteroatoms. The summed E-state index contributed by atoms with van der Waals surface area (Å²) < 4.78 is 0. The molecule has 3 aromatic rings. The first-order valence-corrected chi connectivity index (χ1v) is 13.0. The highest BCUT2D eigenvalue weighted by Crippen LogP contribution is 2.46. The summed E-state index contributed by atoms with van der Waals surface area (Å²) >= 11 is 0. The Kier molecular flexibility index (Phi) is 6.33. The molecule has 0 saturated carbocycles. The lowest BCUT2D eigenvalue weighted by Gasteiger charge is -2.38. The van der Waals surface area contributed by atoms with E-state index in [4.69, 9.17) is 0 Å². The van der Waals surface area contributed by atoms with Gasteiger partial charge in [-0.15, -0.1) is 0 Å². The van der Waals surface area contributed by atoms with Gasteiger partial charge in [-0.05, 0) is 42.5 Å². The molecule has 2 aliphatic heterocycles. The predicted octanol–water partition coefficient (Wildman–Crippen LogP) is 4.08. The maximum Gasteiger partial charge on any atom is 0.255 e. The third-order valence-electron chi connectivity index (χ3n) is 7.95. The molecule has 2 aliphatic rings. The van der Waals surface area contributed by atoms with Crippen molar-refractivity contribution >= 4 is 28.6 Å². The minimum atomic E-state index is -0.718. The van der Waals surface area contributed by atoms with Crippen molar-refractivity contribution < 1.29 is 14.4 Å². The van der Waals surface area contributed by atoms with Crippen LogP contribution in [0.4, 0.5) is 0 Å². The van der Waals surface area contributed by atoms with Crippen molar-refractivity contribution in [2.75, 3.05) is 0 Å². The number of nitrogens with zero attached hydrogens (tertiary/aromatic N) is 1. The first kappa shape index (κ1) is 24.1. The Labute approximate surface area is 211 Å². The van der Waals surface area contributed by atoms with Gasteiger partial charge in [-0.1, -0.05) is 63.6 Å². The largest absolute Gasteiger partial charge is 0.356 e. The van der Waals surface area contributed by atoms with Crippen LogP contribution in [0.1, 0.15) is 73.8 Å². The zero-order chi connectivity index (χ0) is 25.6. The van der Waals surface area contributed by atoms with Crippen LogP contribution in [0.15, 0.2) is 48.5 Å². The van der Waals surface area contributed by atoms with Crippen molar-refractivity contribution in [2.45, 2.75) is 71.1 Å². The Morgan fingerprint density at radius 1 is 1.03 bits per heavy atom. The van der Waals surface area contributed by atoms with Crippen LogP contribution >= 0.6 is 0 Å². The number of carbonyl (C=O) groups is 3. The summed E-state index contributed by atoms with van der Waals surface area (Å²) in [4.78, 5) is 45.9. The van der Waals surface area contributed by atoms with Crippen molar-refractivity contribution in [3.05, 3.63) is 70.9 Å². The van der Waals surface area contributed by atoms with E-state index >= 15 is 0 Å². The van der Waals surface area contributed by atoms with E-state index in [-0.39, 0.29) is 35.7 Å². The van der Waals surface area contributed by atoms with E-state index in [0.717, 1.165) is 40.6 Å². The average molecular weight is 487 g/mol.